The maximum absolute atomic E-state index is 12.7. The van der Waals surface area contributed by atoms with Crippen molar-refractivity contribution >= 4 is 21.4 Å². The molecule has 1 fully saturated rings. The monoisotopic (exact) mass is 314 g/mol. The SMILES string of the molecule is CC1CC(C)N(S(=O)(=O)c2cccc(NN)c2[N+](=O)[O-])C1. The number of hydrazine groups is 1. The van der Waals surface area contributed by atoms with Crippen LogP contribution >= 0.6 is 0 Å². The van der Waals surface area contributed by atoms with Crippen LogP contribution in [0.1, 0.15) is 20.3 Å². The van der Waals surface area contributed by atoms with Crippen LogP contribution in [0.3, 0.4) is 0 Å². The Morgan fingerprint density at radius 1 is 1.43 bits per heavy atom. The largest absolute Gasteiger partial charge is 0.318 e. The number of hydrogen-bond donors (Lipinski definition) is 2. The molecule has 1 heterocycles. The molecule has 0 bridgehead atoms. The van der Waals surface area contributed by atoms with Crippen LogP contribution in [0.15, 0.2) is 23.1 Å². The van der Waals surface area contributed by atoms with Gasteiger partial charge in [0, 0.05) is 12.6 Å². The molecule has 8 nitrogen and oxygen atoms in total. The van der Waals surface area contributed by atoms with Crippen LogP contribution in [0.5, 0.6) is 0 Å². The average molecular weight is 314 g/mol. The lowest BCUT2D eigenvalue weighted by atomic mass is 10.1. The molecule has 0 spiro atoms. The van der Waals surface area contributed by atoms with Crippen LogP contribution in [0.4, 0.5) is 11.4 Å². The minimum absolute atomic E-state index is 0.0269. The van der Waals surface area contributed by atoms with E-state index in [1.807, 2.05) is 6.92 Å². The molecule has 21 heavy (non-hydrogen) atoms. The third kappa shape index (κ3) is 2.71. The van der Waals surface area contributed by atoms with Crippen LogP contribution in [-0.2, 0) is 10.0 Å². The number of rotatable bonds is 4. The van der Waals surface area contributed by atoms with Crippen molar-refractivity contribution in [3.8, 4) is 0 Å². The number of nitrogens with one attached hydrogen (secondary N) is 1. The Hall–Kier alpha value is -1.71. The highest BCUT2D eigenvalue weighted by Crippen LogP contribution is 2.36. The van der Waals surface area contributed by atoms with Gasteiger partial charge < -0.3 is 5.43 Å². The van der Waals surface area contributed by atoms with Gasteiger partial charge >= 0.3 is 5.69 Å². The number of anilines is 1. The molecule has 2 atom stereocenters. The number of benzene rings is 1. The van der Waals surface area contributed by atoms with E-state index in [-0.39, 0.29) is 22.5 Å². The molecule has 1 saturated heterocycles. The van der Waals surface area contributed by atoms with Crippen LogP contribution in [0.2, 0.25) is 0 Å². The second-order valence-corrected chi connectivity index (χ2v) is 7.18. The Balaban J connectivity index is 2.58. The number of nitrogens with zero attached hydrogens (tertiary/aromatic N) is 2. The Morgan fingerprint density at radius 2 is 2.10 bits per heavy atom. The van der Waals surface area contributed by atoms with Crippen molar-refractivity contribution in [2.45, 2.75) is 31.2 Å². The standard InChI is InChI=1S/C12H18N4O4S/c1-8-6-9(2)15(7-8)21(19,20)11-5-3-4-10(14-13)12(11)16(17)18/h3-5,8-9,14H,6-7,13H2,1-2H3. The molecular formula is C12H18N4O4S. The average Bonchev–Trinajstić information content (AvgIpc) is 2.77. The molecule has 1 aliphatic heterocycles. The van der Waals surface area contributed by atoms with E-state index in [1.54, 1.807) is 6.92 Å². The Labute approximate surface area is 123 Å². The van der Waals surface area contributed by atoms with Crippen LogP contribution in [0, 0.1) is 16.0 Å². The molecule has 0 radical (unpaired) electrons. The second kappa shape index (κ2) is 5.58. The van der Waals surface area contributed by atoms with E-state index in [0.29, 0.717) is 6.54 Å². The molecule has 0 aliphatic carbocycles. The zero-order valence-corrected chi connectivity index (χ0v) is 12.6. The first-order chi connectivity index (χ1) is 9.78. The fourth-order valence-corrected chi connectivity index (χ4v) is 4.70. The second-order valence-electron chi connectivity index (χ2n) is 5.32. The van der Waals surface area contributed by atoms with E-state index < -0.39 is 20.6 Å². The molecule has 0 aromatic heterocycles. The molecule has 116 valence electrons. The molecule has 9 heteroatoms. The van der Waals surface area contributed by atoms with Crippen molar-refractivity contribution in [3.05, 3.63) is 28.3 Å². The Morgan fingerprint density at radius 3 is 2.57 bits per heavy atom. The summed E-state index contributed by atoms with van der Waals surface area (Å²) in [5.74, 6) is 5.47. The summed E-state index contributed by atoms with van der Waals surface area (Å²) in [6, 6.07) is 3.86. The van der Waals surface area contributed by atoms with Gasteiger partial charge in [0.2, 0.25) is 10.0 Å². The first-order valence-electron chi connectivity index (χ1n) is 6.55. The summed E-state index contributed by atoms with van der Waals surface area (Å²) >= 11 is 0. The van der Waals surface area contributed by atoms with E-state index in [0.717, 1.165) is 6.42 Å². The lowest BCUT2D eigenvalue weighted by Gasteiger charge is -2.21. The van der Waals surface area contributed by atoms with Gasteiger partial charge in [-0.05, 0) is 31.4 Å². The summed E-state index contributed by atoms with van der Waals surface area (Å²) in [4.78, 5) is 10.2. The minimum Gasteiger partial charge on any atom is -0.318 e. The fourth-order valence-electron chi connectivity index (χ4n) is 2.76. The quantitative estimate of drug-likeness (QED) is 0.491. The summed E-state index contributed by atoms with van der Waals surface area (Å²) in [7, 11) is -3.93. The van der Waals surface area contributed by atoms with Crippen molar-refractivity contribution in [2.24, 2.45) is 11.8 Å². The van der Waals surface area contributed by atoms with Crippen molar-refractivity contribution in [2.75, 3.05) is 12.0 Å². The van der Waals surface area contributed by atoms with E-state index in [1.165, 1.54) is 22.5 Å². The van der Waals surface area contributed by atoms with Crippen molar-refractivity contribution in [3.63, 3.8) is 0 Å². The van der Waals surface area contributed by atoms with Crippen LogP contribution in [0.25, 0.3) is 0 Å². The van der Waals surface area contributed by atoms with Crippen molar-refractivity contribution in [1.82, 2.24) is 4.31 Å². The zero-order chi connectivity index (χ0) is 15.8. The zero-order valence-electron chi connectivity index (χ0n) is 11.8. The van der Waals surface area contributed by atoms with Crippen LogP contribution in [-0.4, -0.2) is 30.2 Å². The first kappa shape index (κ1) is 15.7. The molecule has 1 aliphatic rings. The van der Waals surface area contributed by atoms with Crippen LogP contribution < -0.4 is 11.3 Å². The van der Waals surface area contributed by atoms with Crippen molar-refractivity contribution < 1.29 is 13.3 Å². The number of sulfonamides is 1. The molecule has 2 rings (SSSR count). The third-order valence-electron chi connectivity index (χ3n) is 3.65. The maximum Gasteiger partial charge on any atom is 0.313 e. The predicted molar refractivity (Wildman–Crippen MR) is 78.0 cm³/mol. The highest BCUT2D eigenvalue weighted by atomic mass is 32.2. The lowest BCUT2D eigenvalue weighted by Crippen LogP contribution is -2.34. The van der Waals surface area contributed by atoms with Gasteiger partial charge in [-0.25, -0.2) is 8.42 Å². The van der Waals surface area contributed by atoms with E-state index in [9.17, 15) is 18.5 Å². The summed E-state index contributed by atoms with van der Waals surface area (Å²) < 4.78 is 26.8. The van der Waals surface area contributed by atoms with Gasteiger partial charge in [0.15, 0.2) is 4.90 Å². The number of para-hydroxylation sites is 1. The highest BCUT2D eigenvalue weighted by Gasteiger charge is 2.40. The fraction of sp³-hybridized carbons (Fsp3) is 0.500. The number of nitro groups is 1. The molecule has 1 aromatic carbocycles. The summed E-state index contributed by atoms with van der Waals surface area (Å²) in [5.41, 5.74) is 1.63. The number of nitrogens with two attached hydrogens (primary N) is 1. The molecule has 0 amide bonds. The van der Waals surface area contributed by atoms with Gasteiger partial charge in [-0.3, -0.25) is 16.0 Å². The van der Waals surface area contributed by atoms with E-state index in [4.69, 9.17) is 5.84 Å². The number of nitrogen functional groups attached to an aromatic ring is 1. The number of nitro benzene ring substituents is 1. The van der Waals surface area contributed by atoms with Gasteiger partial charge in [-0.2, -0.15) is 4.31 Å². The Bertz CT molecular complexity index is 661. The summed E-state index contributed by atoms with van der Waals surface area (Å²) in [5, 5.41) is 11.2. The lowest BCUT2D eigenvalue weighted by molar-refractivity contribution is -0.386. The maximum atomic E-state index is 12.7. The minimum atomic E-state index is -3.93. The van der Waals surface area contributed by atoms with Gasteiger partial charge in [0.05, 0.1) is 4.92 Å². The predicted octanol–water partition coefficient (Wildman–Crippen LogP) is 1.30. The summed E-state index contributed by atoms with van der Waals surface area (Å²) in [6.45, 7) is 4.12. The molecular weight excluding hydrogens is 296 g/mol. The molecule has 1 aromatic rings. The summed E-state index contributed by atoms with van der Waals surface area (Å²) in [6.07, 6.45) is 0.738. The normalized spacial score (nSPS) is 23.2. The third-order valence-corrected chi connectivity index (χ3v) is 5.66. The molecule has 3 N–H and O–H groups in total. The van der Waals surface area contributed by atoms with E-state index in [2.05, 4.69) is 5.43 Å². The van der Waals surface area contributed by atoms with Gasteiger partial charge in [0.1, 0.15) is 5.69 Å². The van der Waals surface area contributed by atoms with E-state index >= 15 is 0 Å². The Kier molecular flexibility index (Phi) is 4.17. The van der Waals surface area contributed by atoms with Gasteiger partial charge in [-0.15, -0.1) is 0 Å². The topological polar surface area (TPSA) is 119 Å². The first-order valence-corrected chi connectivity index (χ1v) is 7.99. The smallest absolute Gasteiger partial charge is 0.313 e. The molecule has 0 saturated carbocycles. The van der Waals surface area contributed by atoms with Crippen molar-refractivity contribution in [1.29, 1.82) is 0 Å². The van der Waals surface area contributed by atoms with Gasteiger partial charge in [0.25, 0.3) is 0 Å². The molecule has 2 unspecified atom stereocenters. The van der Waals surface area contributed by atoms with Gasteiger partial charge in [-0.1, -0.05) is 13.0 Å². The highest BCUT2D eigenvalue weighted by molar-refractivity contribution is 7.89. The number of hydrogen-bond acceptors (Lipinski definition) is 6.